The van der Waals surface area contributed by atoms with Crippen molar-refractivity contribution >= 4 is 0 Å². The molecule has 1 rings (SSSR count). The molecular weight excluding hydrogens is 140 g/mol. The summed E-state index contributed by atoms with van der Waals surface area (Å²) >= 11 is 0. The van der Waals surface area contributed by atoms with Gasteiger partial charge >= 0.3 is 0 Å². The third kappa shape index (κ3) is 2.10. The predicted molar refractivity (Wildman–Crippen MR) is 41.6 cm³/mol. The number of nitrogens with one attached hydrogen (secondary N) is 1. The summed E-state index contributed by atoms with van der Waals surface area (Å²) in [5, 5.41) is 9.35. The zero-order valence-electron chi connectivity index (χ0n) is 6.12. The molecule has 1 unspecified atom stereocenters. The molecule has 11 heavy (non-hydrogen) atoms. The summed E-state index contributed by atoms with van der Waals surface area (Å²) in [4.78, 5) is 6.71. The summed E-state index contributed by atoms with van der Waals surface area (Å²) in [6, 6.07) is 0. The Hall–Kier alpha value is -1.27. The Bertz CT molecular complexity index is 235. The molecule has 0 saturated carbocycles. The second-order valence-electron chi connectivity index (χ2n) is 2.23. The zero-order valence-corrected chi connectivity index (χ0v) is 6.12. The molecular formula is C8H10N2O. The van der Waals surface area contributed by atoms with E-state index >= 15 is 0 Å². The van der Waals surface area contributed by atoms with Gasteiger partial charge in [-0.2, -0.15) is 0 Å². The van der Waals surface area contributed by atoms with Crippen molar-refractivity contribution in [2.45, 2.75) is 18.9 Å². The van der Waals surface area contributed by atoms with Gasteiger partial charge in [-0.25, -0.2) is 4.98 Å². The predicted octanol–water partition coefficient (Wildman–Crippen LogP) is 0.856. The molecule has 0 aliphatic rings. The topological polar surface area (TPSA) is 48.9 Å². The Morgan fingerprint density at radius 3 is 3.18 bits per heavy atom. The fourth-order valence-corrected chi connectivity index (χ4v) is 0.816. The van der Waals surface area contributed by atoms with Crippen LogP contribution >= 0.6 is 0 Å². The van der Waals surface area contributed by atoms with Gasteiger partial charge in [0.1, 0.15) is 11.9 Å². The molecule has 0 radical (unpaired) electrons. The maximum absolute atomic E-state index is 9.35. The first-order valence-electron chi connectivity index (χ1n) is 3.45. The molecule has 0 spiro atoms. The van der Waals surface area contributed by atoms with Crippen LogP contribution in [0.4, 0.5) is 0 Å². The van der Waals surface area contributed by atoms with Crippen molar-refractivity contribution in [2.75, 3.05) is 0 Å². The van der Waals surface area contributed by atoms with Crippen LogP contribution in [-0.4, -0.2) is 15.1 Å². The summed E-state index contributed by atoms with van der Waals surface area (Å²) < 4.78 is 0. The first-order chi connectivity index (χ1) is 5.34. The molecule has 1 aromatic rings. The summed E-state index contributed by atoms with van der Waals surface area (Å²) in [6.45, 7) is 0. The average molecular weight is 150 g/mol. The lowest BCUT2D eigenvalue weighted by molar-refractivity contribution is 0.160. The molecule has 0 saturated heterocycles. The van der Waals surface area contributed by atoms with Crippen molar-refractivity contribution in [2.24, 2.45) is 0 Å². The molecule has 3 nitrogen and oxygen atoms in total. The monoisotopic (exact) mass is 150 g/mol. The Kier molecular flexibility index (Phi) is 2.70. The van der Waals surface area contributed by atoms with Gasteiger partial charge in [-0.1, -0.05) is 0 Å². The number of terminal acetylenes is 1. The van der Waals surface area contributed by atoms with E-state index in [1.165, 1.54) is 0 Å². The molecule has 58 valence electrons. The minimum absolute atomic E-state index is 0.555. The summed E-state index contributed by atoms with van der Waals surface area (Å²) in [6.07, 6.45) is 8.90. The highest BCUT2D eigenvalue weighted by molar-refractivity contribution is 4.94. The van der Waals surface area contributed by atoms with E-state index in [1.807, 2.05) is 0 Å². The van der Waals surface area contributed by atoms with Crippen LogP contribution in [-0.2, 0) is 0 Å². The number of aliphatic hydroxyl groups excluding tert-OH is 1. The van der Waals surface area contributed by atoms with E-state index in [2.05, 4.69) is 15.9 Å². The van der Waals surface area contributed by atoms with E-state index < -0.39 is 6.10 Å². The Labute approximate surface area is 65.5 Å². The Balaban J connectivity index is 2.44. The maximum atomic E-state index is 9.35. The van der Waals surface area contributed by atoms with Gasteiger partial charge in [0.25, 0.3) is 0 Å². The van der Waals surface area contributed by atoms with Crippen LogP contribution in [0, 0.1) is 12.3 Å². The average Bonchev–Trinajstić information content (AvgIpc) is 2.52. The molecule has 1 atom stereocenters. The van der Waals surface area contributed by atoms with E-state index in [4.69, 9.17) is 6.42 Å². The van der Waals surface area contributed by atoms with Crippen LogP contribution in [0.1, 0.15) is 24.8 Å². The Morgan fingerprint density at radius 2 is 2.64 bits per heavy atom. The van der Waals surface area contributed by atoms with E-state index in [1.54, 1.807) is 12.4 Å². The number of aromatic amines is 1. The van der Waals surface area contributed by atoms with Crippen LogP contribution < -0.4 is 0 Å². The molecule has 0 aliphatic heterocycles. The third-order valence-electron chi connectivity index (χ3n) is 1.40. The minimum Gasteiger partial charge on any atom is -0.385 e. The van der Waals surface area contributed by atoms with Crippen LogP contribution in [0.3, 0.4) is 0 Å². The van der Waals surface area contributed by atoms with Crippen molar-refractivity contribution in [1.29, 1.82) is 0 Å². The highest BCUT2D eigenvalue weighted by atomic mass is 16.3. The summed E-state index contributed by atoms with van der Waals surface area (Å²) in [7, 11) is 0. The second-order valence-corrected chi connectivity index (χ2v) is 2.23. The molecule has 0 aliphatic carbocycles. The van der Waals surface area contributed by atoms with Crippen LogP contribution in [0.5, 0.6) is 0 Å². The van der Waals surface area contributed by atoms with Gasteiger partial charge < -0.3 is 10.1 Å². The van der Waals surface area contributed by atoms with Crippen LogP contribution in [0.25, 0.3) is 0 Å². The number of hydrogen-bond acceptors (Lipinski definition) is 2. The molecule has 0 bridgehead atoms. The van der Waals surface area contributed by atoms with Crippen molar-refractivity contribution in [1.82, 2.24) is 9.97 Å². The quantitative estimate of drug-likeness (QED) is 0.628. The summed E-state index contributed by atoms with van der Waals surface area (Å²) in [5.41, 5.74) is 0. The van der Waals surface area contributed by atoms with E-state index in [-0.39, 0.29) is 0 Å². The minimum atomic E-state index is -0.555. The van der Waals surface area contributed by atoms with E-state index in [0.29, 0.717) is 18.7 Å². The van der Waals surface area contributed by atoms with Crippen molar-refractivity contribution in [3.8, 4) is 12.3 Å². The number of aromatic nitrogens is 2. The number of imidazole rings is 1. The van der Waals surface area contributed by atoms with Crippen molar-refractivity contribution in [3.05, 3.63) is 18.2 Å². The van der Waals surface area contributed by atoms with Crippen LogP contribution in [0.2, 0.25) is 0 Å². The number of aliphatic hydroxyl groups is 1. The highest BCUT2D eigenvalue weighted by Crippen LogP contribution is 2.12. The number of hydrogen-bond donors (Lipinski definition) is 2. The Morgan fingerprint density at radius 1 is 1.82 bits per heavy atom. The normalized spacial score (nSPS) is 12.4. The summed E-state index contributed by atoms with van der Waals surface area (Å²) in [5.74, 6) is 3.04. The van der Waals surface area contributed by atoms with Gasteiger partial charge in [0.15, 0.2) is 0 Å². The number of rotatable bonds is 3. The lowest BCUT2D eigenvalue weighted by Crippen LogP contribution is -1.98. The fourth-order valence-electron chi connectivity index (χ4n) is 0.816. The lowest BCUT2D eigenvalue weighted by atomic mass is 10.2. The second kappa shape index (κ2) is 3.79. The first-order valence-corrected chi connectivity index (χ1v) is 3.45. The first kappa shape index (κ1) is 7.83. The molecule has 1 aromatic heterocycles. The number of H-pyrrole nitrogens is 1. The molecule has 3 heteroatoms. The fraction of sp³-hybridized carbons (Fsp3) is 0.375. The zero-order chi connectivity index (χ0) is 8.10. The molecule has 0 amide bonds. The van der Waals surface area contributed by atoms with Crippen molar-refractivity contribution in [3.63, 3.8) is 0 Å². The van der Waals surface area contributed by atoms with Gasteiger partial charge in [0.05, 0.1) is 0 Å². The van der Waals surface area contributed by atoms with Gasteiger partial charge in [-0.3, -0.25) is 0 Å². The molecule has 2 N–H and O–H groups in total. The largest absolute Gasteiger partial charge is 0.385 e. The van der Waals surface area contributed by atoms with E-state index in [0.717, 1.165) is 0 Å². The van der Waals surface area contributed by atoms with Gasteiger partial charge in [0, 0.05) is 18.8 Å². The number of nitrogens with zero attached hydrogens (tertiary/aromatic N) is 1. The smallest absolute Gasteiger partial charge is 0.135 e. The lowest BCUT2D eigenvalue weighted by Gasteiger charge is -2.03. The third-order valence-corrected chi connectivity index (χ3v) is 1.40. The van der Waals surface area contributed by atoms with Crippen molar-refractivity contribution < 1.29 is 5.11 Å². The van der Waals surface area contributed by atoms with E-state index in [9.17, 15) is 5.11 Å². The molecule has 1 heterocycles. The van der Waals surface area contributed by atoms with Gasteiger partial charge in [0.2, 0.25) is 0 Å². The van der Waals surface area contributed by atoms with Crippen LogP contribution in [0.15, 0.2) is 12.4 Å². The van der Waals surface area contributed by atoms with Gasteiger partial charge in [-0.05, 0) is 6.42 Å². The SMILES string of the molecule is C#CCCC(O)c1ncc[nH]1. The maximum Gasteiger partial charge on any atom is 0.135 e. The molecule has 0 fully saturated rings. The van der Waals surface area contributed by atoms with Gasteiger partial charge in [-0.15, -0.1) is 12.3 Å². The standard InChI is InChI=1S/C8H10N2O/c1-2-3-4-7(11)8-9-5-6-10-8/h1,5-7,11H,3-4H2,(H,9,10). The highest BCUT2D eigenvalue weighted by Gasteiger charge is 2.07. The molecule has 0 aromatic carbocycles.